The van der Waals surface area contributed by atoms with Crippen LogP contribution in [0.25, 0.3) is 0 Å². The van der Waals surface area contributed by atoms with E-state index in [1.165, 1.54) is 19.3 Å². The highest BCUT2D eigenvalue weighted by molar-refractivity contribution is 4.72. The van der Waals surface area contributed by atoms with E-state index in [1.807, 2.05) is 0 Å². The van der Waals surface area contributed by atoms with E-state index in [0.29, 0.717) is 18.4 Å². The zero-order chi connectivity index (χ0) is 7.40. The predicted molar refractivity (Wildman–Crippen MR) is 41.6 cm³/mol. The molecule has 0 aromatic heterocycles. The summed E-state index contributed by atoms with van der Waals surface area (Å²) in [6.45, 7) is 1.16. The summed E-state index contributed by atoms with van der Waals surface area (Å²) in [6.07, 6.45) is 4.88. The summed E-state index contributed by atoms with van der Waals surface area (Å²) in [5, 5.41) is 8.86. The van der Waals surface area contributed by atoms with Crippen LogP contribution in [-0.4, -0.2) is 18.3 Å². The quantitative estimate of drug-likeness (QED) is 0.599. The van der Waals surface area contributed by atoms with Crippen LogP contribution in [0.15, 0.2) is 0 Å². The first kappa shape index (κ1) is 8.02. The second kappa shape index (κ2) is 3.94. The molecule has 0 amide bonds. The van der Waals surface area contributed by atoms with Gasteiger partial charge >= 0.3 is 0 Å². The number of hydrogen-bond donors (Lipinski definition) is 2. The van der Waals surface area contributed by atoms with E-state index in [2.05, 4.69) is 0 Å². The largest absolute Gasteiger partial charge is 0.396 e. The van der Waals surface area contributed by atoms with Crippen LogP contribution in [0.5, 0.6) is 0 Å². The van der Waals surface area contributed by atoms with Crippen LogP contribution in [0.1, 0.15) is 25.7 Å². The van der Waals surface area contributed by atoms with Crippen molar-refractivity contribution >= 4 is 0 Å². The smallest absolute Gasteiger partial charge is 0.0459 e. The standard InChI is InChI=1S/C8H17NO/c9-5-7-2-1-3-8(4-7)6-10/h7-8,10H,1-6,9H2/t7-,8-/m0/s1. The van der Waals surface area contributed by atoms with Gasteiger partial charge in [0.25, 0.3) is 0 Å². The lowest BCUT2D eigenvalue weighted by Gasteiger charge is -2.26. The fourth-order valence-corrected chi connectivity index (χ4v) is 1.78. The molecule has 1 fully saturated rings. The molecule has 0 aromatic carbocycles. The second-order valence-corrected chi connectivity index (χ2v) is 3.32. The molecule has 0 heterocycles. The second-order valence-electron chi connectivity index (χ2n) is 3.32. The first-order chi connectivity index (χ1) is 4.86. The van der Waals surface area contributed by atoms with Gasteiger partial charge in [0.15, 0.2) is 0 Å². The minimum atomic E-state index is 0.358. The monoisotopic (exact) mass is 143 g/mol. The Morgan fingerprint density at radius 2 is 2.00 bits per heavy atom. The first-order valence-electron chi connectivity index (χ1n) is 4.17. The number of hydrogen-bond acceptors (Lipinski definition) is 2. The van der Waals surface area contributed by atoms with Gasteiger partial charge in [0.05, 0.1) is 0 Å². The summed E-state index contributed by atoms with van der Waals surface area (Å²) in [7, 11) is 0. The van der Waals surface area contributed by atoms with Crippen molar-refractivity contribution in [3.8, 4) is 0 Å². The third-order valence-corrected chi connectivity index (χ3v) is 2.48. The van der Waals surface area contributed by atoms with E-state index in [9.17, 15) is 0 Å². The molecular weight excluding hydrogens is 126 g/mol. The Morgan fingerprint density at radius 3 is 2.60 bits per heavy atom. The van der Waals surface area contributed by atoms with E-state index in [0.717, 1.165) is 13.0 Å². The Bertz CT molecular complexity index is 85.3. The number of aliphatic hydroxyl groups excluding tert-OH is 1. The lowest BCUT2D eigenvalue weighted by Crippen LogP contribution is -2.24. The molecule has 0 bridgehead atoms. The van der Waals surface area contributed by atoms with Gasteiger partial charge < -0.3 is 10.8 Å². The van der Waals surface area contributed by atoms with Crippen LogP contribution < -0.4 is 5.73 Å². The SMILES string of the molecule is NC[C@H]1CCC[C@H](CO)C1. The summed E-state index contributed by atoms with van der Waals surface area (Å²) in [5.74, 6) is 1.23. The maximum atomic E-state index is 8.86. The van der Waals surface area contributed by atoms with Crippen molar-refractivity contribution in [2.24, 2.45) is 17.6 Å². The highest BCUT2D eigenvalue weighted by Crippen LogP contribution is 2.27. The molecule has 1 aliphatic rings. The third kappa shape index (κ3) is 1.96. The van der Waals surface area contributed by atoms with Gasteiger partial charge in [-0.25, -0.2) is 0 Å². The highest BCUT2D eigenvalue weighted by atomic mass is 16.3. The van der Waals surface area contributed by atoms with Crippen molar-refractivity contribution < 1.29 is 5.11 Å². The zero-order valence-electron chi connectivity index (χ0n) is 6.42. The van der Waals surface area contributed by atoms with Crippen molar-refractivity contribution in [3.05, 3.63) is 0 Å². The van der Waals surface area contributed by atoms with Gasteiger partial charge in [0.2, 0.25) is 0 Å². The molecule has 0 radical (unpaired) electrons. The summed E-state index contributed by atoms with van der Waals surface area (Å²) < 4.78 is 0. The number of nitrogens with two attached hydrogens (primary N) is 1. The molecule has 2 atom stereocenters. The fraction of sp³-hybridized carbons (Fsp3) is 1.00. The van der Waals surface area contributed by atoms with Gasteiger partial charge in [-0.3, -0.25) is 0 Å². The van der Waals surface area contributed by atoms with Crippen LogP contribution in [0.2, 0.25) is 0 Å². The number of rotatable bonds is 2. The van der Waals surface area contributed by atoms with E-state index in [1.54, 1.807) is 0 Å². The van der Waals surface area contributed by atoms with Crippen LogP contribution in [-0.2, 0) is 0 Å². The van der Waals surface area contributed by atoms with Crippen molar-refractivity contribution in [2.75, 3.05) is 13.2 Å². The van der Waals surface area contributed by atoms with Gasteiger partial charge in [0, 0.05) is 6.61 Å². The Labute approximate surface area is 62.4 Å². The molecule has 2 heteroatoms. The van der Waals surface area contributed by atoms with Gasteiger partial charge in [-0.05, 0) is 37.6 Å². The Kier molecular flexibility index (Phi) is 3.16. The molecule has 0 spiro atoms. The predicted octanol–water partition coefficient (Wildman–Crippen LogP) is 0.744. The fourth-order valence-electron chi connectivity index (χ4n) is 1.78. The summed E-state index contributed by atoms with van der Waals surface area (Å²) in [6, 6.07) is 0. The van der Waals surface area contributed by atoms with Crippen LogP contribution in [0, 0.1) is 11.8 Å². The summed E-state index contributed by atoms with van der Waals surface area (Å²) in [4.78, 5) is 0. The topological polar surface area (TPSA) is 46.2 Å². The van der Waals surface area contributed by atoms with Crippen molar-refractivity contribution in [1.82, 2.24) is 0 Å². The highest BCUT2D eigenvalue weighted by Gasteiger charge is 2.19. The van der Waals surface area contributed by atoms with E-state index in [4.69, 9.17) is 10.8 Å². The average Bonchev–Trinajstić information content (AvgIpc) is 2.05. The normalized spacial score (nSPS) is 34.2. The minimum Gasteiger partial charge on any atom is -0.396 e. The van der Waals surface area contributed by atoms with Crippen LogP contribution in [0.4, 0.5) is 0 Å². The Hall–Kier alpha value is -0.0800. The maximum Gasteiger partial charge on any atom is 0.0459 e. The number of aliphatic hydroxyl groups is 1. The lowest BCUT2D eigenvalue weighted by molar-refractivity contribution is 0.163. The summed E-state index contributed by atoms with van der Waals surface area (Å²) in [5.41, 5.74) is 5.54. The molecule has 60 valence electrons. The lowest BCUT2D eigenvalue weighted by atomic mass is 9.82. The van der Waals surface area contributed by atoms with Gasteiger partial charge in [-0.1, -0.05) is 6.42 Å². The molecule has 1 aliphatic carbocycles. The molecule has 3 N–H and O–H groups in total. The molecule has 0 unspecified atom stereocenters. The molecule has 0 saturated heterocycles. The minimum absolute atomic E-state index is 0.358. The average molecular weight is 143 g/mol. The van der Waals surface area contributed by atoms with Crippen molar-refractivity contribution in [2.45, 2.75) is 25.7 Å². The molecule has 1 rings (SSSR count). The van der Waals surface area contributed by atoms with E-state index in [-0.39, 0.29) is 0 Å². The van der Waals surface area contributed by atoms with E-state index >= 15 is 0 Å². The van der Waals surface area contributed by atoms with Crippen LogP contribution >= 0.6 is 0 Å². The molecular formula is C8H17NO. The van der Waals surface area contributed by atoms with Crippen molar-refractivity contribution in [3.63, 3.8) is 0 Å². The van der Waals surface area contributed by atoms with Crippen LogP contribution in [0.3, 0.4) is 0 Å². The van der Waals surface area contributed by atoms with Gasteiger partial charge in [0.1, 0.15) is 0 Å². The Balaban J connectivity index is 2.25. The summed E-state index contributed by atoms with van der Waals surface area (Å²) >= 11 is 0. The Morgan fingerprint density at radius 1 is 1.30 bits per heavy atom. The van der Waals surface area contributed by atoms with E-state index < -0.39 is 0 Å². The first-order valence-corrected chi connectivity index (χ1v) is 4.17. The van der Waals surface area contributed by atoms with Gasteiger partial charge in [-0.2, -0.15) is 0 Å². The third-order valence-electron chi connectivity index (χ3n) is 2.48. The molecule has 0 aromatic rings. The maximum absolute atomic E-state index is 8.86. The zero-order valence-corrected chi connectivity index (χ0v) is 6.42. The molecule has 10 heavy (non-hydrogen) atoms. The molecule has 0 aliphatic heterocycles. The molecule has 2 nitrogen and oxygen atoms in total. The van der Waals surface area contributed by atoms with Crippen molar-refractivity contribution in [1.29, 1.82) is 0 Å². The van der Waals surface area contributed by atoms with Gasteiger partial charge in [-0.15, -0.1) is 0 Å². The molecule has 1 saturated carbocycles.